The lowest BCUT2D eigenvalue weighted by molar-refractivity contribution is 0.407. The molecule has 0 aliphatic heterocycles. The van der Waals surface area contributed by atoms with Crippen LogP contribution in [-0.4, -0.2) is 3.79 Å². The predicted octanol–water partition coefficient (Wildman–Crippen LogP) is 10.4. The van der Waals surface area contributed by atoms with E-state index >= 15 is 0 Å². The Morgan fingerprint density at radius 1 is 0.462 bits per heavy atom. The van der Waals surface area contributed by atoms with E-state index in [1.807, 2.05) is 0 Å². The largest absolute Gasteiger partial charge is 0.193 e. The Morgan fingerprint density at radius 3 is 1.00 bits per heavy atom. The van der Waals surface area contributed by atoms with Crippen LogP contribution in [0.2, 0.25) is 0 Å². The van der Waals surface area contributed by atoms with Gasteiger partial charge in [-0.3, -0.25) is 0 Å². The van der Waals surface area contributed by atoms with E-state index in [1.165, 1.54) is 109 Å². The van der Waals surface area contributed by atoms with Crippen LogP contribution >= 0.6 is 34.8 Å². The quantitative estimate of drug-likeness (QED) is 0.142. The highest BCUT2D eigenvalue weighted by Gasteiger charge is 2.31. The molecule has 0 rings (SSSR count). The van der Waals surface area contributed by atoms with Crippen LogP contribution in [0.3, 0.4) is 0 Å². The van der Waals surface area contributed by atoms with E-state index in [2.05, 4.69) is 13.8 Å². The average Bonchev–Trinajstić information content (AvgIpc) is 2.59. The van der Waals surface area contributed by atoms with E-state index in [0.717, 1.165) is 12.8 Å². The molecule has 1 atom stereocenters. The lowest BCUT2D eigenvalue weighted by Gasteiger charge is -2.24. The van der Waals surface area contributed by atoms with Crippen molar-refractivity contribution in [1.82, 2.24) is 0 Å². The molecule has 0 aromatic rings. The van der Waals surface area contributed by atoms with Gasteiger partial charge in [0.15, 0.2) is 3.79 Å². The van der Waals surface area contributed by atoms with Gasteiger partial charge in [-0.15, -0.1) is 0 Å². The maximum absolute atomic E-state index is 6.23. The minimum Gasteiger partial charge on any atom is -0.0834 e. The summed E-state index contributed by atoms with van der Waals surface area (Å²) in [5.41, 5.74) is 0. The van der Waals surface area contributed by atoms with Crippen molar-refractivity contribution in [2.75, 3.05) is 0 Å². The Labute approximate surface area is 180 Å². The Bertz CT molecular complexity index is 273. The predicted molar refractivity (Wildman–Crippen MR) is 123 cm³/mol. The van der Waals surface area contributed by atoms with Gasteiger partial charge in [0.1, 0.15) is 0 Å². The van der Waals surface area contributed by atoms with Crippen molar-refractivity contribution in [3.8, 4) is 0 Å². The monoisotopic (exact) mass is 426 g/mol. The summed E-state index contributed by atoms with van der Waals surface area (Å²) < 4.78 is -1.08. The number of rotatable bonds is 19. The van der Waals surface area contributed by atoms with Gasteiger partial charge in [0.25, 0.3) is 0 Å². The lowest BCUT2D eigenvalue weighted by atomic mass is 9.95. The molecule has 0 fully saturated rings. The van der Waals surface area contributed by atoms with Crippen molar-refractivity contribution in [1.29, 1.82) is 0 Å². The number of alkyl halides is 3. The van der Waals surface area contributed by atoms with E-state index in [1.54, 1.807) is 0 Å². The molecular formula is C23H45Cl3. The maximum Gasteiger partial charge on any atom is 0.193 e. The third kappa shape index (κ3) is 18.2. The number of halogens is 3. The zero-order valence-corrected chi connectivity index (χ0v) is 19.9. The van der Waals surface area contributed by atoms with Crippen molar-refractivity contribution in [2.45, 2.75) is 140 Å². The lowest BCUT2D eigenvalue weighted by Crippen LogP contribution is -2.19. The number of unbranched alkanes of at least 4 members (excludes halogenated alkanes) is 15. The molecule has 0 aromatic carbocycles. The molecule has 3 heteroatoms. The minimum absolute atomic E-state index is 0.234. The van der Waals surface area contributed by atoms with Crippen molar-refractivity contribution in [3.63, 3.8) is 0 Å². The summed E-state index contributed by atoms with van der Waals surface area (Å²) in [5, 5.41) is 0. The molecule has 0 aliphatic carbocycles. The van der Waals surface area contributed by atoms with Gasteiger partial charge in [-0.1, -0.05) is 158 Å². The van der Waals surface area contributed by atoms with Crippen molar-refractivity contribution < 1.29 is 0 Å². The third-order valence-corrected chi connectivity index (χ3v) is 6.45. The summed E-state index contributed by atoms with van der Waals surface area (Å²) in [6, 6.07) is 0. The fraction of sp³-hybridized carbons (Fsp3) is 1.00. The Morgan fingerprint density at radius 2 is 0.731 bits per heavy atom. The van der Waals surface area contributed by atoms with E-state index in [9.17, 15) is 0 Å². The molecule has 0 aromatic heterocycles. The zero-order valence-electron chi connectivity index (χ0n) is 17.6. The van der Waals surface area contributed by atoms with Crippen LogP contribution in [0.4, 0.5) is 0 Å². The Hall–Kier alpha value is 0.870. The second-order valence-electron chi connectivity index (χ2n) is 8.12. The minimum atomic E-state index is -1.08. The first-order valence-corrected chi connectivity index (χ1v) is 12.7. The number of hydrogen-bond acceptors (Lipinski definition) is 0. The van der Waals surface area contributed by atoms with Crippen LogP contribution in [0.1, 0.15) is 136 Å². The highest BCUT2D eigenvalue weighted by molar-refractivity contribution is 6.67. The van der Waals surface area contributed by atoms with Gasteiger partial charge in [-0.25, -0.2) is 0 Å². The highest BCUT2D eigenvalue weighted by atomic mass is 35.6. The summed E-state index contributed by atoms with van der Waals surface area (Å²) in [6.07, 6.45) is 25.1. The van der Waals surface area contributed by atoms with Crippen LogP contribution < -0.4 is 0 Å². The van der Waals surface area contributed by atoms with Gasteiger partial charge in [-0.2, -0.15) is 0 Å². The molecule has 0 saturated carbocycles. The summed E-state index contributed by atoms with van der Waals surface area (Å²) in [5.74, 6) is 0.234. The van der Waals surface area contributed by atoms with Crippen molar-refractivity contribution in [3.05, 3.63) is 0 Å². The van der Waals surface area contributed by atoms with Gasteiger partial charge in [0.2, 0.25) is 0 Å². The molecule has 0 heterocycles. The van der Waals surface area contributed by atoms with E-state index in [4.69, 9.17) is 34.8 Å². The van der Waals surface area contributed by atoms with E-state index in [0.29, 0.717) is 0 Å². The first-order valence-electron chi connectivity index (χ1n) is 11.6. The fourth-order valence-electron chi connectivity index (χ4n) is 3.70. The molecule has 0 amide bonds. The van der Waals surface area contributed by atoms with Crippen LogP contribution in [-0.2, 0) is 0 Å². The summed E-state index contributed by atoms with van der Waals surface area (Å²) in [4.78, 5) is 0. The standard InChI is InChI=1S/C23H45Cl3/c1-3-5-7-9-11-12-13-14-15-17-19-21-22(23(24,25)26)20-18-16-10-8-6-4-2/h22H,3-21H2,1-2H3. The maximum atomic E-state index is 6.23. The van der Waals surface area contributed by atoms with Gasteiger partial charge in [-0.05, 0) is 12.8 Å². The normalized spacial score (nSPS) is 13.3. The molecule has 26 heavy (non-hydrogen) atoms. The molecule has 0 spiro atoms. The van der Waals surface area contributed by atoms with E-state index < -0.39 is 3.79 Å². The second-order valence-corrected chi connectivity index (χ2v) is 10.5. The van der Waals surface area contributed by atoms with Crippen LogP contribution in [0, 0.1) is 5.92 Å². The first kappa shape index (κ1) is 26.9. The molecular weight excluding hydrogens is 383 g/mol. The molecule has 158 valence electrons. The van der Waals surface area contributed by atoms with Gasteiger partial charge < -0.3 is 0 Å². The smallest absolute Gasteiger partial charge is 0.0834 e. The number of hydrogen-bond donors (Lipinski definition) is 0. The van der Waals surface area contributed by atoms with Gasteiger partial charge in [0.05, 0.1) is 0 Å². The topological polar surface area (TPSA) is 0 Å². The molecule has 0 nitrogen and oxygen atoms in total. The molecule has 0 bridgehead atoms. The second kappa shape index (κ2) is 19.2. The Balaban J connectivity index is 3.60. The van der Waals surface area contributed by atoms with Gasteiger partial charge >= 0.3 is 0 Å². The van der Waals surface area contributed by atoms with Crippen molar-refractivity contribution in [2.24, 2.45) is 5.92 Å². The highest BCUT2D eigenvalue weighted by Crippen LogP contribution is 2.41. The third-order valence-electron chi connectivity index (χ3n) is 5.53. The molecule has 0 saturated heterocycles. The Kier molecular flexibility index (Phi) is 19.8. The summed E-state index contributed by atoms with van der Waals surface area (Å²) >= 11 is 18.7. The summed E-state index contributed by atoms with van der Waals surface area (Å²) in [7, 11) is 0. The van der Waals surface area contributed by atoms with Crippen LogP contribution in [0.5, 0.6) is 0 Å². The SMILES string of the molecule is CCCCCCCCCCCCCC(CCCCCCCC)C(Cl)(Cl)Cl. The van der Waals surface area contributed by atoms with Crippen LogP contribution in [0.15, 0.2) is 0 Å². The van der Waals surface area contributed by atoms with E-state index in [-0.39, 0.29) is 5.92 Å². The molecule has 1 unspecified atom stereocenters. The first-order chi connectivity index (χ1) is 12.5. The molecule has 0 radical (unpaired) electrons. The zero-order chi connectivity index (χ0) is 19.5. The average molecular weight is 428 g/mol. The summed E-state index contributed by atoms with van der Waals surface area (Å²) in [6.45, 7) is 4.54. The fourth-order valence-corrected chi connectivity index (χ4v) is 4.35. The molecule has 0 aliphatic rings. The van der Waals surface area contributed by atoms with Crippen LogP contribution in [0.25, 0.3) is 0 Å². The van der Waals surface area contributed by atoms with Gasteiger partial charge in [0, 0.05) is 5.92 Å². The molecule has 0 N–H and O–H groups in total. The van der Waals surface area contributed by atoms with Crippen molar-refractivity contribution >= 4 is 34.8 Å².